The average molecular weight is 596 g/mol. The number of carbonyl (C=O) groups is 4. The maximum absolute atomic E-state index is 13.6. The fourth-order valence-electron chi connectivity index (χ4n) is 5.42. The molecule has 0 radical (unpaired) electrons. The molecular weight excluding hydrogens is 566 g/mol. The second-order valence-electron chi connectivity index (χ2n) is 10.5. The lowest BCUT2D eigenvalue weighted by molar-refractivity contribution is -0.122. The number of ether oxygens (including phenoxy) is 2. The predicted molar refractivity (Wildman–Crippen MR) is 157 cm³/mol. The van der Waals surface area contributed by atoms with Gasteiger partial charge in [0.15, 0.2) is 6.10 Å². The summed E-state index contributed by atoms with van der Waals surface area (Å²) in [4.78, 5) is 59.5. The van der Waals surface area contributed by atoms with Crippen LogP contribution in [-0.4, -0.2) is 56.0 Å². The Balaban J connectivity index is 1.18. The van der Waals surface area contributed by atoms with Crippen LogP contribution in [0.25, 0.3) is 5.78 Å². The third-order valence-electron chi connectivity index (χ3n) is 7.70. The molecule has 0 bridgehead atoms. The molecule has 6 rings (SSSR count). The first-order valence-corrected chi connectivity index (χ1v) is 14.0. The molecule has 1 aliphatic carbocycles. The van der Waals surface area contributed by atoms with Crippen LogP contribution in [0.1, 0.15) is 73.0 Å². The summed E-state index contributed by atoms with van der Waals surface area (Å²) in [6.45, 7) is 7.36. The Bertz CT molecular complexity index is 1850. The van der Waals surface area contributed by atoms with Crippen LogP contribution in [0.15, 0.2) is 55.4 Å². The molecule has 1 aliphatic heterocycles. The van der Waals surface area contributed by atoms with E-state index in [9.17, 15) is 19.2 Å². The molecule has 3 amide bonds. The van der Waals surface area contributed by atoms with Crippen molar-refractivity contribution >= 4 is 35.2 Å². The maximum Gasteiger partial charge on any atom is 0.338 e. The molecule has 13 nitrogen and oxygen atoms in total. The van der Waals surface area contributed by atoms with Crippen molar-refractivity contribution in [3.8, 4) is 5.75 Å². The number of fused-ring (bicyclic) bond motifs is 3. The number of amides is 3. The van der Waals surface area contributed by atoms with Gasteiger partial charge in [0, 0.05) is 12.6 Å². The van der Waals surface area contributed by atoms with Gasteiger partial charge in [-0.3, -0.25) is 14.4 Å². The topological polar surface area (TPSA) is 166 Å². The van der Waals surface area contributed by atoms with Crippen LogP contribution in [0.3, 0.4) is 0 Å². The molecular formula is C31H29N7O6. The molecule has 44 heavy (non-hydrogen) atoms. The van der Waals surface area contributed by atoms with E-state index in [1.807, 2.05) is 13.0 Å². The van der Waals surface area contributed by atoms with Crippen LogP contribution in [0.5, 0.6) is 5.75 Å². The van der Waals surface area contributed by atoms with E-state index in [2.05, 4.69) is 37.6 Å². The van der Waals surface area contributed by atoms with Gasteiger partial charge in [-0.05, 0) is 67.1 Å². The zero-order chi connectivity index (χ0) is 31.0. The number of anilines is 1. The number of nitrogens with one attached hydrogen (secondary N) is 3. The summed E-state index contributed by atoms with van der Waals surface area (Å²) in [7, 11) is 0. The maximum atomic E-state index is 13.6. The Morgan fingerprint density at radius 2 is 2.05 bits per heavy atom. The second-order valence-corrected chi connectivity index (χ2v) is 10.5. The Morgan fingerprint density at radius 1 is 1.20 bits per heavy atom. The normalized spacial score (nSPS) is 16.7. The number of hydrogen-bond donors (Lipinski definition) is 3. The van der Waals surface area contributed by atoms with E-state index in [-0.39, 0.29) is 42.3 Å². The second kappa shape index (κ2) is 11.6. The van der Waals surface area contributed by atoms with Gasteiger partial charge in [0.2, 0.25) is 0 Å². The van der Waals surface area contributed by atoms with Crippen LogP contribution in [-0.2, 0) is 22.5 Å². The average Bonchev–Trinajstić information content (AvgIpc) is 3.66. The number of rotatable bonds is 8. The lowest BCUT2D eigenvalue weighted by Gasteiger charge is -2.23. The molecule has 2 aromatic carbocycles. The lowest BCUT2D eigenvalue weighted by atomic mass is 9.98. The minimum absolute atomic E-state index is 0.00980. The molecule has 2 atom stereocenters. The highest BCUT2D eigenvalue weighted by atomic mass is 16.5. The lowest BCUT2D eigenvalue weighted by Crippen LogP contribution is -2.34. The molecule has 0 saturated carbocycles. The largest absolute Gasteiger partial charge is 0.479 e. The quantitative estimate of drug-likeness (QED) is 0.205. The van der Waals surface area contributed by atoms with Crippen molar-refractivity contribution in [2.45, 2.75) is 45.4 Å². The number of esters is 1. The summed E-state index contributed by atoms with van der Waals surface area (Å²) in [5.41, 5.74) is 4.54. The van der Waals surface area contributed by atoms with E-state index in [0.29, 0.717) is 29.8 Å². The molecule has 13 heteroatoms. The monoisotopic (exact) mass is 595 g/mol. The summed E-state index contributed by atoms with van der Waals surface area (Å²) in [5, 5.41) is 12.7. The van der Waals surface area contributed by atoms with E-state index in [4.69, 9.17) is 9.47 Å². The van der Waals surface area contributed by atoms with Crippen molar-refractivity contribution in [2.75, 3.05) is 11.9 Å². The van der Waals surface area contributed by atoms with Gasteiger partial charge in [-0.1, -0.05) is 24.8 Å². The van der Waals surface area contributed by atoms with Crippen LogP contribution in [0.4, 0.5) is 5.69 Å². The predicted octanol–water partition coefficient (Wildman–Crippen LogP) is 2.84. The van der Waals surface area contributed by atoms with Gasteiger partial charge in [0.25, 0.3) is 23.5 Å². The summed E-state index contributed by atoms with van der Waals surface area (Å²) in [6.07, 6.45) is 3.49. The molecule has 4 aromatic rings. The standard InChI is InChI=1S/C31H29N7O6/c1-4-11-43-30(42)20-6-7-21-19(16(20)2)8-9-22(21)35-29(41)25-13-24(37-31-33-15-34-38(25)31)28(40)32-14-18-5-10-26-23(12-18)36-27(39)17(3)44-26/h4-7,10,12-13,15,17,22H,1,8-9,11,14H2,2-3H3,(H,32,40)(H,35,41)(H,36,39)/t17?,22-/m0/s1. The van der Waals surface area contributed by atoms with E-state index >= 15 is 0 Å². The Hall–Kier alpha value is -5.59. The number of benzene rings is 2. The van der Waals surface area contributed by atoms with Gasteiger partial charge in [0.1, 0.15) is 30.1 Å². The molecule has 3 heterocycles. The minimum Gasteiger partial charge on any atom is -0.479 e. The van der Waals surface area contributed by atoms with Gasteiger partial charge in [0.05, 0.1) is 17.3 Å². The van der Waals surface area contributed by atoms with Crippen LogP contribution in [0, 0.1) is 6.92 Å². The van der Waals surface area contributed by atoms with Gasteiger partial charge in [-0.25, -0.2) is 9.78 Å². The Kier molecular flexibility index (Phi) is 7.51. The first kappa shape index (κ1) is 28.5. The van der Waals surface area contributed by atoms with Gasteiger partial charge >= 0.3 is 5.97 Å². The van der Waals surface area contributed by atoms with E-state index in [1.54, 1.807) is 31.2 Å². The van der Waals surface area contributed by atoms with Gasteiger partial charge in [-0.2, -0.15) is 14.6 Å². The first-order valence-electron chi connectivity index (χ1n) is 14.0. The molecule has 2 aliphatic rings. The first-order chi connectivity index (χ1) is 21.2. The molecule has 0 spiro atoms. The highest BCUT2D eigenvalue weighted by molar-refractivity contribution is 5.99. The van der Waals surface area contributed by atoms with Crippen LogP contribution in [0.2, 0.25) is 0 Å². The van der Waals surface area contributed by atoms with Crippen molar-refractivity contribution in [2.24, 2.45) is 0 Å². The summed E-state index contributed by atoms with van der Waals surface area (Å²) < 4.78 is 12.1. The van der Waals surface area contributed by atoms with Gasteiger partial charge < -0.3 is 25.4 Å². The van der Waals surface area contributed by atoms with E-state index < -0.39 is 23.9 Å². The summed E-state index contributed by atoms with van der Waals surface area (Å²) in [6, 6.07) is 9.84. The number of carbonyl (C=O) groups excluding carboxylic acids is 4. The van der Waals surface area contributed by atoms with Crippen molar-refractivity contribution in [3.05, 3.63) is 94.6 Å². The van der Waals surface area contributed by atoms with Crippen molar-refractivity contribution in [1.82, 2.24) is 30.2 Å². The van der Waals surface area contributed by atoms with E-state index in [1.165, 1.54) is 23.0 Å². The number of nitrogens with zero attached hydrogens (tertiary/aromatic N) is 4. The van der Waals surface area contributed by atoms with Crippen molar-refractivity contribution in [1.29, 1.82) is 0 Å². The fourth-order valence-corrected chi connectivity index (χ4v) is 5.42. The highest BCUT2D eigenvalue weighted by Crippen LogP contribution is 2.35. The minimum atomic E-state index is -0.587. The molecule has 2 aromatic heterocycles. The summed E-state index contributed by atoms with van der Waals surface area (Å²) >= 11 is 0. The summed E-state index contributed by atoms with van der Waals surface area (Å²) in [5.74, 6) is -1.00. The molecule has 3 N–H and O–H groups in total. The zero-order valence-electron chi connectivity index (χ0n) is 24.0. The van der Waals surface area contributed by atoms with Crippen LogP contribution >= 0.6 is 0 Å². The fraction of sp³-hybridized carbons (Fsp3) is 0.258. The van der Waals surface area contributed by atoms with Crippen molar-refractivity contribution in [3.63, 3.8) is 0 Å². The number of hydrogen-bond acceptors (Lipinski definition) is 9. The van der Waals surface area contributed by atoms with Crippen LogP contribution < -0.4 is 20.7 Å². The number of aromatic nitrogens is 4. The van der Waals surface area contributed by atoms with Gasteiger partial charge in [-0.15, -0.1) is 0 Å². The van der Waals surface area contributed by atoms with E-state index in [0.717, 1.165) is 22.3 Å². The smallest absolute Gasteiger partial charge is 0.338 e. The molecule has 0 saturated heterocycles. The third-order valence-corrected chi connectivity index (χ3v) is 7.70. The molecule has 0 fully saturated rings. The zero-order valence-corrected chi connectivity index (χ0v) is 24.0. The highest BCUT2D eigenvalue weighted by Gasteiger charge is 2.29. The Labute approximate surface area is 251 Å². The van der Waals surface area contributed by atoms with Crippen molar-refractivity contribution < 1.29 is 28.7 Å². The molecule has 224 valence electrons. The third kappa shape index (κ3) is 5.35. The SMILES string of the molecule is C=CCOC(=O)c1ccc2c(c1C)CC[C@@H]2NC(=O)c1cc(C(=O)NCc2ccc3c(c2)NC(=O)C(C)O3)nc2ncnn12. The molecule has 1 unspecified atom stereocenters. The Morgan fingerprint density at radius 3 is 2.86 bits per heavy atom.